The Morgan fingerprint density at radius 1 is 0.815 bits per heavy atom. The maximum Gasteiger partial charge on any atom is 0.119 e. The van der Waals surface area contributed by atoms with E-state index >= 15 is 0 Å². The van der Waals surface area contributed by atoms with Crippen LogP contribution >= 0.6 is 0 Å². The van der Waals surface area contributed by atoms with Crippen molar-refractivity contribution in [3.05, 3.63) is 48.2 Å². The van der Waals surface area contributed by atoms with Crippen LogP contribution in [-0.4, -0.2) is 11.1 Å². The molecule has 27 heavy (non-hydrogen) atoms. The van der Waals surface area contributed by atoms with Crippen LogP contribution in [0.3, 0.4) is 0 Å². The van der Waals surface area contributed by atoms with Crippen LogP contribution in [0.1, 0.15) is 84.1 Å². The molecule has 148 valence electrons. The lowest BCUT2D eigenvalue weighted by Crippen LogP contribution is -2.11. The molecule has 1 unspecified atom stereocenters. The van der Waals surface area contributed by atoms with Crippen molar-refractivity contribution in [2.45, 2.75) is 91.1 Å². The number of benzene rings is 1. The molecule has 0 spiro atoms. The number of nitrogens with zero attached hydrogens (tertiary/aromatic N) is 1. The molecule has 0 saturated carbocycles. The van der Waals surface area contributed by atoms with E-state index in [1.807, 2.05) is 6.20 Å². The van der Waals surface area contributed by atoms with Gasteiger partial charge in [0.2, 0.25) is 0 Å². The minimum atomic E-state index is 0.276. The van der Waals surface area contributed by atoms with E-state index < -0.39 is 0 Å². The van der Waals surface area contributed by atoms with Gasteiger partial charge in [-0.15, -0.1) is 0 Å². The van der Waals surface area contributed by atoms with Crippen LogP contribution in [0, 0.1) is 0 Å². The highest BCUT2D eigenvalue weighted by atomic mass is 16.5. The molecule has 0 bridgehead atoms. The second-order valence-electron chi connectivity index (χ2n) is 7.66. The highest BCUT2D eigenvalue weighted by molar-refractivity contribution is 5.60. The molecule has 2 heteroatoms. The predicted molar refractivity (Wildman–Crippen MR) is 116 cm³/mol. The van der Waals surface area contributed by atoms with Crippen LogP contribution in [-0.2, 0) is 6.42 Å². The first kappa shape index (κ1) is 21.5. The molecule has 0 aliphatic carbocycles. The molecule has 1 aromatic carbocycles. The molecule has 2 aromatic rings. The lowest BCUT2D eigenvalue weighted by atomic mass is 10.1. The van der Waals surface area contributed by atoms with E-state index in [0.29, 0.717) is 0 Å². The third kappa shape index (κ3) is 8.15. The van der Waals surface area contributed by atoms with E-state index in [1.54, 1.807) is 0 Å². The first-order valence-corrected chi connectivity index (χ1v) is 10.9. The van der Waals surface area contributed by atoms with Crippen molar-refractivity contribution in [2.24, 2.45) is 0 Å². The number of ether oxygens (including phenoxy) is 1. The summed E-state index contributed by atoms with van der Waals surface area (Å²) in [5.41, 5.74) is 3.52. The van der Waals surface area contributed by atoms with Gasteiger partial charge in [-0.05, 0) is 68.5 Å². The molecule has 0 radical (unpaired) electrons. The predicted octanol–water partition coefficient (Wildman–Crippen LogP) is 7.61. The Balaban J connectivity index is 1.82. The fourth-order valence-corrected chi connectivity index (χ4v) is 3.35. The Morgan fingerprint density at radius 2 is 1.52 bits per heavy atom. The molecule has 0 N–H and O–H groups in total. The average molecular weight is 368 g/mol. The summed E-state index contributed by atoms with van der Waals surface area (Å²) in [5, 5.41) is 0. The fourth-order valence-electron chi connectivity index (χ4n) is 3.35. The zero-order chi connectivity index (χ0) is 19.3. The first-order valence-electron chi connectivity index (χ1n) is 10.9. The summed E-state index contributed by atoms with van der Waals surface area (Å²) in [6, 6.07) is 12.7. The van der Waals surface area contributed by atoms with Crippen molar-refractivity contribution < 1.29 is 4.74 Å². The molecule has 0 saturated heterocycles. The smallest absolute Gasteiger partial charge is 0.119 e. The van der Waals surface area contributed by atoms with Gasteiger partial charge < -0.3 is 4.74 Å². The van der Waals surface area contributed by atoms with E-state index in [2.05, 4.69) is 62.2 Å². The number of rotatable bonds is 13. The van der Waals surface area contributed by atoms with Crippen molar-refractivity contribution in [1.82, 2.24) is 4.98 Å². The normalized spacial score (nSPS) is 12.1. The van der Waals surface area contributed by atoms with Crippen molar-refractivity contribution in [3.63, 3.8) is 0 Å². The Labute approximate surface area is 166 Å². The standard InChI is InChI=1S/C25H37NO/c1-4-6-8-10-12-21(3)27-24-17-15-23(16-18-24)25-19-14-22(20-26-25)13-11-9-7-5-2/h14-21H,4-13H2,1-3H3. The quantitative estimate of drug-likeness (QED) is 0.340. The topological polar surface area (TPSA) is 22.1 Å². The van der Waals surface area contributed by atoms with E-state index in [4.69, 9.17) is 4.74 Å². The monoisotopic (exact) mass is 367 g/mol. The third-order valence-corrected chi connectivity index (χ3v) is 5.10. The highest BCUT2D eigenvalue weighted by Crippen LogP contribution is 2.22. The Morgan fingerprint density at radius 3 is 2.15 bits per heavy atom. The minimum Gasteiger partial charge on any atom is -0.491 e. The van der Waals surface area contributed by atoms with Gasteiger partial charge in [-0.25, -0.2) is 0 Å². The summed E-state index contributed by atoms with van der Waals surface area (Å²) in [4.78, 5) is 4.66. The summed E-state index contributed by atoms with van der Waals surface area (Å²) in [5.74, 6) is 0.953. The second-order valence-corrected chi connectivity index (χ2v) is 7.66. The molecule has 0 amide bonds. The molecule has 1 heterocycles. The molecular formula is C25H37NO. The van der Waals surface area contributed by atoms with Crippen LogP contribution in [0.5, 0.6) is 5.75 Å². The van der Waals surface area contributed by atoms with Gasteiger partial charge in [-0.2, -0.15) is 0 Å². The Bertz CT molecular complexity index is 618. The molecule has 0 aliphatic heterocycles. The molecular weight excluding hydrogens is 330 g/mol. The van der Waals surface area contributed by atoms with Gasteiger partial charge >= 0.3 is 0 Å². The zero-order valence-corrected chi connectivity index (χ0v) is 17.5. The summed E-state index contributed by atoms with van der Waals surface area (Å²) in [6.07, 6.45) is 14.9. The van der Waals surface area contributed by atoms with Gasteiger partial charge in [0.15, 0.2) is 0 Å². The molecule has 0 fully saturated rings. The van der Waals surface area contributed by atoms with Crippen LogP contribution in [0.15, 0.2) is 42.6 Å². The fraction of sp³-hybridized carbons (Fsp3) is 0.560. The van der Waals surface area contributed by atoms with Gasteiger partial charge in [0, 0.05) is 11.8 Å². The van der Waals surface area contributed by atoms with Crippen LogP contribution in [0.2, 0.25) is 0 Å². The Hall–Kier alpha value is -1.83. The van der Waals surface area contributed by atoms with Crippen LogP contribution in [0.4, 0.5) is 0 Å². The molecule has 1 aromatic heterocycles. The van der Waals surface area contributed by atoms with Crippen molar-refractivity contribution in [2.75, 3.05) is 0 Å². The summed E-state index contributed by atoms with van der Waals surface area (Å²) in [6.45, 7) is 6.67. The Kier molecular flexibility index (Phi) is 9.97. The third-order valence-electron chi connectivity index (χ3n) is 5.10. The van der Waals surface area contributed by atoms with E-state index in [0.717, 1.165) is 29.8 Å². The number of hydrogen-bond acceptors (Lipinski definition) is 2. The van der Waals surface area contributed by atoms with Gasteiger partial charge in [-0.3, -0.25) is 4.98 Å². The van der Waals surface area contributed by atoms with Crippen molar-refractivity contribution in [1.29, 1.82) is 0 Å². The summed E-state index contributed by atoms with van der Waals surface area (Å²) in [7, 11) is 0. The molecule has 2 rings (SSSR count). The second kappa shape index (κ2) is 12.5. The van der Waals surface area contributed by atoms with E-state index in [9.17, 15) is 0 Å². The van der Waals surface area contributed by atoms with E-state index in [1.165, 1.54) is 56.9 Å². The number of hydrogen-bond donors (Lipinski definition) is 0. The first-order chi connectivity index (χ1) is 13.2. The van der Waals surface area contributed by atoms with Gasteiger partial charge in [0.1, 0.15) is 5.75 Å². The largest absolute Gasteiger partial charge is 0.491 e. The van der Waals surface area contributed by atoms with Crippen LogP contribution < -0.4 is 4.74 Å². The maximum atomic E-state index is 6.05. The number of unbranched alkanes of at least 4 members (excludes halogenated alkanes) is 6. The zero-order valence-electron chi connectivity index (χ0n) is 17.5. The summed E-state index contributed by atoms with van der Waals surface area (Å²) < 4.78 is 6.05. The highest BCUT2D eigenvalue weighted by Gasteiger charge is 2.05. The number of pyridine rings is 1. The lowest BCUT2D eigenvalue weighted by Gasteiger charge is -2.15. The number of aryl methyl sites for hydroxylation is 1. The van der Waals surface area contributed by atoms with Gasteiger partial charge in [0.05, 0.1) is 11.8 Å². The molecule has 2 nitrogen and oxygen atoms in total. The lowest BCUT2D eigenvalue weighted by molar-refractivity contribution is 0.206. The average Bonchev–Trinajstić information content (AvgIpc) is 2.70. The summed E-state index contributed by atoms with van der Waals surface area (Å²) >= 11 is 0. The molecule has 0 aliphatic rings. The van der Waals surface area contributed by atoms with Crippen molar-refractivity contribution >= 4 is 0 Å². The molecule has 1 atom stereocenters. The SMILES string of the molecule is CCCCCCc1ccc(-c2ccc(OC(C)CCCCCC)cc2)nc1. The minimum absolute atomic E-state index is 0.276. The number of aromatic nitrogens is 1. The maximum absolute atomic E-state index is 6.05. The van der Waals surface area contributed by atoms with E-state index in [-0.39, 0.29) is 6.10 Å². The van der Waals surface area contributed by atoms with Gasteiger partial charge in [0.25, 0.3) is 0 Å². The van der Waals surface area contributed by atoms with Crippen LogP contribution in [0.25, 0.3) is 11.3 Å². The van der Waals surface area contributed by atoms with Gasteiger partial charge in [-0.1, -0.05) is 58.4 Å². The van der Waals surface area contributed by atoms with Crippen molar-refractivity contribution in [3.8, 4) is 17.0 Å².